The van der Waals surface area contributed by atoms with Gasteiger partial charge in [-0.25, -0.2) is 4.98 Å². The van der Waals surface area contributed by atoms with Crippen LogP contribution in [0.2, 0.25) is 0 Å². The molecule has 4 rings (SSSR count). The standard InChI is InChI=1S/C23H25N7O2/c1-13-8-15(21(24)25-2)10-18-20(13)30-22(29-18)19-17(5-7-27-23(19)32)28-16(12-31)9-14-4-3-6-26-11-14/h3-8,10-11,16,31H,9,12H2,1-2H3,(H2,24,25)(H,29,30)(H2,27,28,32). The molecule has 0 saturated carbocycles. The van der Waals surface area contributed by atoms with E-state index >= 15 is 0 Å². The van der Waals surface area contributed by atoms with E-state index in [9.17, 15) is 9.90 Å². The zero-order chi connectivity index (χ0) is 22.7. The molecule has 164 valence electrons. The number of aliphatic imine (C=N–C) groups is 1. The molecule has 3 aromatic heterocycles. The lowest BCUT2D eigenvalue weighted by Gasteiger charge is -2.19. The van der Waals surface area contributed by atoms with Crippen LogP contribution in [0.4, 0.5) is 5.69 Å². The van der Waals surface area contributed by atoms with E-state index in [1.165, 1.54) is 0 Å². The fourth-order valence-corrected chi connectivity index (χ4v) is 3.70. The Bertz CT molecular complexity index is 1330. The number of nitrogens with two attached hydrogens (primary N) is 1. The van der Waals surface area contributed by atoms with Crippen molar-refractivity contribution in [2.75, 3.05) is 19.0 Å². The molecule has 0 aliphatic heterocycles. The van der Waals surface area contributed by atoms with Crippen LogP contribution in [-0.2, 0) is 6.42 Å². The van der Waals surface area contributed by atoms with Crippen LogP contribution in [-0.4, -0.2) is 50.6 Å². The molecule has 1 unspecified atom stereocenters. The molecule has 3 heterocycles. The summed E-state index contributed by atoms with van der Waals surface area (Å²) in [6, 6.07) is 9.03. The molecule has 0 amide bonds. The number of aliphatic hydroxyl groups excluding tert-OH is 1. The van der Waals surface area contributed by atoms with Gasteiger partial charge >= 0.3 is 0 Å². The lowest BCUT2D eigenvalue weighted by Crippen LogP contribution is -2.28. The second-order valence-corrected chi connectivity index (χ2v) is 7.57. The number of hydrogen-bond donors (Lipinski definition) is 5. The molecule has 0 fully saturated rings. The molecule has 4 aromatic rings. The van der Waals surface area contributed by atoms with Crippen LogP contribution >= 0.6 is 0 Å². The van der Waals surface area contributed by atoms with E-state index in [0.29, 0.717) is 29.3 Å². The van der Waals surface area contributed by atoms with Crippen molar-refractivity contribution in [1.29, 1.82) is 0 Å². The number of aromatic amines is 2. The first-order valence-corrected chi connectivity index (χ1v) is 10.2. The summed E-state index contributed by atoms with van der Waals surface area (Å²) < 4.78 is 0. The number of amidine groups is 1. The molecule has 0 saturated heterocycles. The molecule has 0 bridgehead atoms. The van der Waals surface area contributed by atoms with Crippen LogP contribution < -0.4 is 16.6 Å². The fraction of sp³-hybridized carbons (Fsp3) is 0.217. The summed E-state index contributed by atoms with van der Waals surface area (Å²) >= 11 is 0. The molecular weight excluding hydrogens is 406 g/mol. The van der Waals surface area contributed by atoms with Crippen LogP contribution in [0, 0.1) is 6.92 Å². The molecule has 9 nitrogen and oxygen atoms in total. The van der Waals surface area contributed by atoms with Crippen molar-refractivity contribution in [2.45, 2.75) is 19.4 Å². The average molecular weight is 432 g/mol. The number of imidazole rings is 1. The maximum absolute atomic E-state index is 12.8. The van der Waals surface area contributed by atoms with Gasteiger partial charge in [-0.15, -0.1) is 0 Å². The van der Waals surface area contributed by atoms with Gasteiger partial charge in [-0.1, -0.05) is 6.07 Å². The highest BCUT2D eigenvalue weighted by Crippen LogP contribution is 2.27. The van der Waals surface area contributed by atoms with Gasteiger partial charge in [0.1, 0.15) is 17.2 Å². The SMILES string of the molecule is CN=C(N)c1cc(C)c2nc(-c3c(NC(CO)Cc4cccnc4)cc[nH]c3=O)[nH]c2c1. The van der Waals surface area contributed by atoms with Gasteiger partial charge in [0.25, 0.3) is 5.56 Å². The van der Waals surface area contributed by atoms with Gasteiger partial charge in [-0.05, 0) is 48.7 Å². The summed E-state index contributed by atoms with van der Waals surface area (Å²) in [6.45, 7) is 1.82. The summed E-state index contributed by atoms with van der Waals surface area (Å²) in [5.41, 5.74) is 10.8. The molecule has 0 spiro atoms. The van der Waals surface area contributed by atoms with Crippen molar-refractivity contribution in [3.63, 3.8) is 0 Å². The summed E-state index contributed by atoms with van der Waals surface area (Å²) in [4.78, 5) is 31.6. The zero-order valence-corrected chi connectivity index (χ0v) is 17.9. The monoisotopic (exact) mass is 431 g/mol. The number of hydrogen-bond acceptors (Lipinski definition) is 6. The number of nitrogens with zero attached hydrogens (tertiary/aromatic N) is 3. The molecule has 0 aliphatic rings. The molecule has 0 radical (unpaired) electrons. The van der Waals surface area contributed by atoms with E-state index in [1.54, 1.807) is 31.7 Å². The summed E-state index contributed by atoms with van der Waals surface area (Å²) in [5.74, 6) is 0.849. The first-order valence-electron chi connectivity index (χ1n) is 10.2. The molecule has 0 aliphatic carbocycles. The molecule has 9 heteroatoms. The number of anilines is 1. The van der Waals surface area contributed by atoms with Gasteiger partial charge in [-0.3, -0.25) is 14.8 Å². The number of aromatic nitrogens is 4. The average Bonchev–Trinajstić information content (AvgIpc) is 3.23. The number of aryl methyl sites for hydroxylation is 1. The Morgan fingerprint density at radius 1 is 1.34 bits per heavy atom. The first kappa shape index (κ1) is 21.3. The quantitative estimate of drug-likeness (QED) is 0.223. The van der Waals surface area contributed by atoms with Gasteiger partial charge in [0, 0.05) is 31.2 Å². The summed E-state index contributed by atoms with van der Waals surface area (Å²) in [5, 5.41) is 13.2. The minimum Gasteiger partial charge on any atom is -0.394 e. The lowest BCUT2D eigenvalue weighted by atomic mass is 10.1. The van der Waals surface area contributed by atoms with Gasteiger partial charge in [-0.2, -0.15) is 0 Å². The Morgan fingerprint density at radius 2 is 2.19 bits per heavy atom. The molecule has 1 atom stereocenters. The van der Waals surface area contributed by atoms with Crippen molar-refractivity contribution < 1.29 is 5.11 Å². The third-order valence-electron chi connectivity index (χ3n) is 5.30. The van der Waals surface area contributed by atoms with Gasteiger partial charge in [0.15, 0.2) is 0 Å². The minimum absolute atomic E-state index is 0.112. The van der Waals surface area contributed by atoms with Crippen molar-refractivity contribution in [2.24, 2.45) is 10.7 Å². The second kappa shape index (κ2) is 9.03. The topological polar surface area (TPSA) is 145 Å². The number of pyridine rings is 2. The molecular formula is C23H25N7O2. The van der Waals surface area contributed by atoms with E-state index in [4.69, 9.17) is 5.73 Å². The van der Waals surface area contributed by atoms with E-state index in [0.717, 1.165) is 27.7 Å². The van der Waals surface area contributed by atoms with Crippen LogP contribution in [0.3, 0.4) is 0 Å². The number of aliphatic hydroxyl groups is 1. The normalized spacial score (nSPS) is 12.8. The number of fused-ring (bicyclic) bond motifs is 1. The van der Waals surface area contributed by atoms with Gasteiger partial charge in [0.05, 0.1) is 29.4 Å². The highest BCUT2D eigenvalue weighted by atomic mass is 16.3. The largest absolute Gasteiger partial charge is 0.394 e. The van der Waals surface area contributed by atoms with Crippen molar-refractivity contribution in [3.8, 4) is 11.4 Å². The number of nitrogens with one attached hydrogen (secondary N) is 3. The second-order valence-electron chi connectivity index (χ2n) is 7.57. The Labute approximate surface area is 184 Å². The van der Waals surface area contributed by atoms with Crippen molar-refractivity contribution >= 4 is 22.6 Å². The maximum atomic E-state index is 12.8. The fourth-order valence-electron chi connectivity index (χ4n) is 3.70. The maximum Gasteiger partial charge on any atom is 0.261 e. The molecule has 6 N–H and O–H groups in total. The summed E-state index contributed by atoms with van der Waals surface area (Å²) in [7, 11) is 1.64. The Balaban J connectivity index is 1.74. The molecule has 1 aromatic carbocycles. The first-order chi connectivity index (χ1) is 15.5. The number of H-pyrrole nitrogens is 2. The lowest BCUT2D eigenvalue weighted by molar-refractivity contribution is 0.273. The minimum atomic E-state index is -0.307. The summed E-state index contributed by atoms with van der Waals surface area (Å²) in [6.07, 6.45) is 5.58. The van der Waals surface area contributed by atoms with E-state index < -0.39 is 0 Å². The highest BCUT2D eigenvalue weighted by Gasteiger charge is 2.18. The van der Waals surface area contributed by atoms with E-state index in [2.05, 4.69) is 30.2 Å². The smallest absolute Gasteiger partial charge is 0.261 e. The van der Waals surface area contributed by atoms with Crippen LogP contribution in [0.15, 0.2) is 58.7 Å². The van der Waals surface area contributed by atoms with E-state index in [1.807, 2.05) is 31.2 Å². The van der Waals surface area contributed by atoms with Crippen molar-refractivity contribution in [3.05, 3.63) is 76.0 Å². The number of rotatable bonds is 7. The third kappa shape index (κ3) is 4.23. The Hall–Kier alpha value is -3.98. The van der Waals surface area contributed by atoms with Gasteiger partial charge in [0.2, 0.25) is 0 Å². The van der Waals surface area contributed by atoms with Crippen LogP contribution in [0.1, 0.15) is 16.7 Å². The predicted octanol–water partition coefficient (Wildman–Crippen LogP) is 1.97. The van der Waals surface area contributed by atoms with E-state index in [-0.39, 0.29) is 18.2 Å². The highest BCUT2D eigenvalue weighted by molar-refractivity contribution is 6.01. The van der Waals surface area contributed by atoms with Crippen molar-refractivity contribution in [1.82, 2.24) is 19.9 Å². The van der Waals surface area contributed by atoms with Crippen LogP contribution in [0.25, 0.3) is 22.4 Å². The third-order valence-corrected chi connectivity index (χ3v) is 5.30. The Morgan fingerprint density at radius 3 is 2.91 bits per heavy atom. The van der Waals surface area contributed by atoms with Crippen LogP contribution in [0.5, 0.6) is 0 Å². The number of benzene rings is 1. The van der Waals surface area contributed by atoms with Gasteiger partial charge < -0.3 is 26.1 Å². The molecule has 32 heavy (non-hydrogen) atoms. The predicted molar refractivity (Wildman–Crippen MR) is 126 cm³/mol. The Kier molecular flexibility index (Phi) is 6.00. The zero-order valence-electron chi connectivity index (χ0n) is 17.9.